The zero-order valence-electron chi connectivity index (χ0n) is 15.2. The van der Waals surface area contributed by atoms with Crippen LogP contribution in [0, 0.1) is 17.1 Å². The minimum Gasteiger partial charge on any atom is -0.336 e. The summed E-state index contributed by atoms with van der Waals surface area (Å²) in [5.41, 5.74) is -0.431. The van der Waals surface area contributed by atoms with Gasteiger partial charge in [0.2, 0.25) is 11.8 Å². The molecule has 26 heavy (non-hydrogen) atoms. The van der Waals surface area contributed by atoms with Gasteiger partial charge in [0, 0.05) is 5.69 Å². The topological polar surface area (TPSA) is 85.2 Å². The van der Waals surface area contributed by atoms with Crippen molar-refractivity contribution < 1.29 is 14.0 Å². The molecule has 140 valence electrons. The number of nitriles is 1. The molecular weight excluding hydrogens is 335 g/mol. The lowest BCUT2D eigenvalue weighted by atomic mass is 9.82. The minimum absolute atomic E-state index is 0.0232. The molecule has 0 bridgehead atoms. The Kier molecular flexibility index (Phi) is 6.70. The number of nitrogens with zero attached hydrogens (tertiary/aromatic N) is 2. The fourth-order valence-electron chi connectivity index (χ4n) is 3.09. The second-order valence-corrected chi connectivity index (χ2v) is 6.89. The van der Waals surface area contributed by atoms with Crippen LogP contribution in [0.5, 0.6) is 0 Å². The number of hydrogen-bond acceptors (Lipinski definition) is 4. The van der Waals surface area contributed by atoms with Crippen LogP contribution < -0.4 is 10.6 Å². The smallest absolute Gasteiger partial charge is 0.238 e. The van der Waals surface area contributed by atoms with Gasteiger partial charge < -0.3 is 10.6 Å². The Morgan fingerprint density at radius 1 is 1.35 bits per heavy atom. The Labute approximate surface area is 153 Å². The zero-order chi connectivity index (χ0) is 19.2. The molecule has 1 aliphatic rings. The molecule has 1 aliphatic carbocycles. The van der Waals surface area contributed by atoms with Crippen molar-refractivity contribution in [1.82, 2.24) is 10.2 Å². The molecule has 2 amide bonds. The quantitative estimate of drug-likeness (QED) is 0.816. The predicted molar refractivity (Wildman–Crippen MR) is 96.7 cm³/mol. The molecule has 6 nitrogen and oxygen atoms in total. The number of likely N-dealkylation sites (N-methyl/N-ethyl adjacent to an activating group) is 1. The minimum atomic E-state index is -0.797. The number of carbonyl (C=O) groups excluding carboxylic acids is 2. The lowest BCUT2D eigenvalue weighted by molar-refractivity contribution is -0.128. The van der Waals surface area contributed by atoms with E-state index in [-0.39, 0.29) is 18.4 Å². The summed E-state index contributed by atoms with van der Waals surface area (Å²) in [7, 11) is 1.66. The number of nitrogens with one attached hydrogen (secondary N) is 2. The van der Waals surface area contributed by atoms with E-state index in [4.69, 9.17) is 0 Å². The third kappa shape index (κ3) is 5.27. The first-order valence-corrected chi connectivity index (χ1v) is 8.84. The fraction of sp³-hybridized carbons (Fsp3) is 0.526. The second kappa shape index (κ2) is 8.77. The molecule has 0 radical (unpaired) electrons. The summed E-state index contributed by atoms with van der Waals surface area (Å²) in [5, 5.41) is 14.9. The summed E-state index contributed by atoms with van der Waals surface area (Å²) in [6.07, 6.45) is 4.24. The molecule has 2 rings (SSSR count). The molecule has 1 aromatic rings. The van der Waals surface area contributed by atoms with Crippen molar-refractivity contribution in [3.05, 3.63) is 30.1 Å². The molecule has 1 saturated carbocycles. The van der Waals surface area contributed by atoms with E-state index in [9.17, 15) is 19.2 Å². The summed E-state index contributed by atoms with van der Waals surface area (Å²) >= 11 is 0. The number of hydrogen-bond donors (Lipinski definition) is 2. The van der Waals surface area contributed by atoms with Crippen molar-refractivity contribution in [2.75, 3.05) is 18.9 Å². The number of halogens is 1. The van der Waals surface area contributed by atoms with Crippen LogP contribution in [0.4, 0.5) is 10.1 Å². The van der Waals surface area contributed by atoms with Crippen LogP contribution in [-0.2, 0) is 9.59 Å². The lowest BCUT2D eigenvalue weighted by Crippen LogP contribution is -2.55. The highest BCUT2D eigenvalue weighted by Crippen LogP contribution is 2.27. The van der Waals surface area contributed by atoms with Crippen molar-refractivity contribution in [2.45, 2.75) is 50.6 Å². The molecule has 1 fully saturated rings. The van der Waals surface area contributed by atoms with Gasteiger partial charge in [0.1, 0.15) is 11.4 Å². The van der Waals surface area contributed by atoms with E-state index in [1.807, 2.05) is 0 Å². The van der Waals surface area contributed by atoms with E-state index in [1.165, 1.54) is 18.2 Å². The Hall–Kier alpha value is -2.46. The number of benzene rings is 1. The number of carbonyl (C=O) groups is 2. The van der Waals surface area contributed by atoms with Crippen molar-refractivity contribution in [3.8, 4) is 6.07 Å². The average molecular weight is 360 g/mol. The molecule has 7 heteroatoms. The van der Waals surface area contributed by atoms with Gasteiger partial charge in [-0.25, -0.2) is 4.39 Å². The van der Waals surface area contributed by atoms with E-state index >= 15 is 0 Å². The summed E-state index contributed by atoms with van der Waals surface area (Å²) in [6.45, 7) is 1.67. The molecule has 2 N–H and O–H groups in total. The second-order valence-electron chi connectivity index (χ2n) is 6.89. The number of anilines is 1. The zero-order valence-corrected chi connectivity index (χ0v) is 15.2. The van der Waals surface area contributed by atoms with Gasteiger partial charge in [0.25, 0.3) is 0 Å². The maximum Gasteiger partial charge on any atom is 0.238 e. The lowest BCUT2D eigenvalue weighted by Gasteiger charge is -2.34. The van der Waals surface area contributed by atoms with Crippen LogP contribution in [0.2, 0.25) is 0 Å². The van der Waals surface area contributed by atoms with E-state index in [0.717, 1.165) is 19.3 Å². The maximum atomic E-state index is 13.2. The van der Waals surface area contributed by atoms with Crippen molar-refractivity contribution >= 4 is 17.5 Å². The van der Waals surface area contributed by atoms with Crippen LogP contribution in [0.1, 0.15) is 39.0 Å². The SMILES string of the molecule is C[C@@H](C(=O)NC1(C#N)CCCCC1)N(C)CC(=O)Nc1cccc(F)c1. The highest BCUT2D eigenvalue weighted by Gasteiger charge is 2.35. The van der Waals surface area contributed by atoms with E-state index in [0.29, 0.717) is 18.5 Å². The molecule has 0 heterocycles. The van der Waals surface area contributed by atoms with Crippen LogP contribution in [-0.4, -0.2) is 41.9 Å². The number of amides is 2. The Balaban J connectivity index is 1.89. The monoisotopic (exact) mass is 360 g/mol. The van der Waals surface area contributed by atoms with Crippen LogP contribution in [0.15, 0.2) is 24.3 Å². The largest absolute Gasteiger partial charge is 0.336 e. The molecule has 0 aromatic heterocycles. The third-order valence-electron chi connectivity index (χ3n) is 4.83. The van der Waals surface area contributed by atoms with Gasteiger partial charge in [-0.2, -0.15) is 5.26 Å². The van der Waals surface area contributed by atoms with Gasteiger partial charge in [-0.05, 0) is 45.0 Å². The highest BCUT2D eigenvalue weighted by atomic mass is 19.1. The maximum absolute atomic E-state index is 13.2. The van der Waals surface area contributed by atoms with Crippen LogP contribution in [0.3, 0.4) is 0 Å². The summed E-state index contributed by atoms with van der Waals surface area (Å²) in [5.74, 6) is -1.04. The average Bonchev–Trinajstić information content (AvgIpc) is 2.61. The molecule has 1 atom stereocenters. The Morgan fingerprint density at radius 2 is 2.04 bits per heavy atom. The summed E-state index contributed by atoms with van der Waals surface area (Å²) in [6, 6.07) is 7.32. The van der Waals surface area contributed by atoms with E-state index < -0.39 is 17.4 Å². The standard InChI is InChI=1S/C19H25FN4O2/c1-14(18(26)23-19(13-21)9-4-3-5-10-19)24(2)12-17(25)22-16-8-6-7-15(20)11-16/h6-8,11,14H,3-5,9-10,12H2,1-2H3,(H,22,25)(H,23,26)/t14-/m0/s1. The predicted octanol–water partition coefficient (Wildman–Crippen LogP) is 2.43. The Morgan fingerprint density at radius 3 is 2.65 bits per heavy atom. The molecule has 0 unspecified atom stereocenters. The van der Waals surface area contributed by atoms with Gasteiger partial charge in [0.05, 0.1) is 18.7 Å². The first-order valence-electron chi connectivity index (χ1n) is 8.84. The molecule has 0 spiro atoms. The summed E-state index contributed by atoms with van der Waals surface area (Å²) < 4.78 is 13.2. The Bertz CT molecular complexity index is 695. The highest BCUT2D eigenvalue weighted by molar-refractivity contribution is 5.92. The molecule has 0 saturated heterocycles. The molecule has 1 aromatic carbocycles. The third-order valence-corrected chi connectivity index (χ3v) is 4.83. The van der Waals surface area contributed by atoms with Gasteiger partial charge in [-0.1, -0.05) is 25.3 Å². The molecule has 0 aliphatic heterocycles. The van der Waals surface area contributed by atoms with Crippen molar-refractivity contribution in [3.63, 3.8) is 0 Å². The van der Waals surface area contributed by atoms with Crippen molar-refractivity contribution in [1.29, 1.82) is 5.26 Å². The first-order chi connectivity index (χ1) is 12.3. The van der Waals surface area contributed by atoms with Gasteiger partial charge >= 0.3 is 0 Å². The number of rotatable bonds is 6. The molecular formula is C19H25FN4O2. The first kappa shape index (κ1) is 19.9. The van der Waals surface area contributed by atoms with Gasteiger partial charge in [0.15, 0.2) is 0 Å². The van der Waals surface area contributed by atoms with Crippen LogP contribution >= 0.6 is 0 Å². The van der Waals surface area contributed by atoms with Crippen molar-refractivity contribution in [2.24, 2.45) is 0 Å². The van der Waals surface area contributed by atoms with Crippen LogP contribution in [0.25, 0.3) is 0 Å². The van der Waals surface area contributed by atoms with Gasteiger partial charge in [-0.15, -0.1) is 0 Å². The van der Waals surface area contributed by atoms with E-state index in [1.54, 1.807) is 24.9 Å². The van der Waals surface area contributed by atoms with E-state index in [2.05, 4.69) is 16.7 Å². The fourth-order valence-corrected chi connectivity index (χ4v) is 3.09. The normalized spacial score (nSPS) is 17.2. The summed E-state index contributed by atoms with van der Waals surface area (Å²) in [4.78, 5) is 26.2. The van der Waals surface area contributed by atoms with Gasteiger partial charge in [-0.3, -0.25) is 14.5 Å².